The Kier molecular flexibility index (Phi) is 3.52. The van der Waals surface area contributed by atoms with Gasteiger partial charge in [0, 0.05) is 24.6 Å². The molecular weight excluding hydrogens is 265 g/mol. The van der Waals surface area contributed by atoms with Gasteiger partial charge in [-0.05, 0) is 0 Å². The number of aryl methyl sites for hydroxylation is 1. The molecule has 0 spiro atoms. The number of carbonyl (C=O) groups excluding carboxylic acids is 2. The van der Waals surface area contributed by atoms with Crippen LogP contribution in [0.5, 0.6) is 0 Å². The summed E-state index contributed by atoms with van der Waals surface area (Å²) in [6.45, 7) is 0. The summed E-state index contributed by atoms with van der Waals surface area (Å²) in [5.41, 5.74) is -0.818. The second-order valence-electron chi connectivity index (χ2n) is 4.28. The summed E-state index contributed by atoms with van der Waals surface area (Å²) in [5, 5.41) is 15.5. The van der Waals surface area contributed by atoms with Gasteiger partial charge in [-0.2, -0.15) is 5.10 Å². The Morgan fingerprint density at radius 1 is 1.67 bits per heavy atom. The van der Waals surface area contributed by atoms with Crippen molar-refractivity contribution in [2.24, 2.45) is 7.05 Å². The quantitative estimate of drug-likeness (QED) is 0.403. The van der Waals surface area contributed by atoms with Crippen molar-refractivity contribution >= 4 is 23.6 Å². The predicted octanol–water partition coefficient (Wildman–Crippen LogP) is -4.33. The number of amides is 1. The van der Waals surface area contributed by atoms with E-state index in [1.807, 2.05) is 0 Å². The Morgan fingerprint density at radius 3 is 2.89 bits per heavy atom. The van der Waals surface area contributed by atoms with E-state index in [4.69, 9.17) is 0 Å². The van der Waals surface area contributed by atoms with Crippen LogP contribution in [0.2, 0.25) is 0 Å². The molecule has 6 nitrogen and oxygen atoms in total. The Balaban J connectivity index is 0.00000120. The van der Waals surface area contributed by atoms with Gasteiger partial charge in [-0.1, -0.05) is 0 Å². The van der Waals surface area contributed by atoms with Crippen LogP contribution in [0.25, 0.3) is 0 Å². The summed E-state index contributed by atoms with van der Waals surface area (Å²) in [4.78, 5) is 24.5. The molecule has 2 atom stereocenters. The molecule has 1 amide bonds. The molecule has 1 aromatic heterocycles. The number of aromatic nitrogens is 2. The molecule has 0 bridgehead atoms. The largest absolute Gasteiger partial charge is 1.00 e. The first-order valence-corrected chi connectivity index (χ1v) is 6.25. The minimum Gasteiger partial charge on any atom is -0.547 e. The van der Waals surface area contributed by atoms with Gasteiger partial charge >= 0.3 is 29.6 Å². The normalized spacial score (nSPS) is 29.5. The maximum Gasteiger partial charge on any atom is 1.00 e. The predicted molar refractivity (Wildman–Crippen MR) is 57.6 cm³/mol. The first-order chi connectivity index (χ1) is 8.05. The van der Waals surface area contributed by atoms with E-state index in [2.05, 4.69) is 5.10 Å². The third kappa shape index (κ3) is 1.65. The van der Waals surface area contributed by atoms with Gasteiger partial charge in [-0.15, -0.1) is 11.8 Å². The molecule has 0 radical (unpaired) electrons. The van der Waals surface area contributed by atoms with Crippen LogP contribution >= 0.6 is 11.8 Å². The Labute approximate surface area is 130 Å². The van der Waals surface area contributed by atoms with Crippen molar-refractivity contribution in [3.63, 3.8) is 0 Å². The molecule has 3 heterocycles. The first-order valence-electron chi connectivity index (χ1n) is 5.20. The smallest absolute Gasteiger partial charge is 0.547 e. The minimum absolute atomic E-state index is 0. The third-order valence-corrected chi connectivity index (χ3v) is 4.67. The van der Waals surface area contributed by atoms with Crippen LogP contribution in [0.4, 0.5) is 0 Å². The van der Waals surface area contributed by atoms with Crippen molar-refractivity contribution in [2.75, 3.05) is 5.75 Å². The fraction of sp³-hybridized carbons (Fsp3) is 0.500. The number of carboxylic acids is 1. The zero-order chi connectivity index (χ0) is 12.2. The summed E-state index contributed by atoms with van der Waals surface area (Å²) < 4.78 is 1.53. The standard InChI is InChI=1S/C10H11N3O3S.Na/c1-12-4-6(3-11-12)10(9(15)16)5-17-8-2-7(14)13(8)10;/h3-4,8H,2,5H2,1H3,(H,15,16);/q;+1/p-1/t8-,10?;/m1./s1. The van der Waals surface area contributed by atoms with Crippen molar-refractivity contribution in [3.8, 4) is 0 Å². The first kappa shape index (κ1) is 13.9. The molecule has 0 aromatic carbocycles. The van der Waals surface area contributed by atoms with Gasteiger partial charge in [0.15, 0.2) is 0 Å². The zero-order valence-corrected chi connectivity index (χ0v) is 12.9. The van der Waals surface area contributed by atoms with Gasteiger partial charge in [0.05, 0.1) is 24.0 Å². The number of rotatable bonds is 2. The van der Waals surface area contributed by atoms with E-state index >= 15 is 0 Å². The van der Waals surface area contributed by atoms with Gasteiger partial charge in [-0.25, -0.2) is 0 Å². The van der Waals surface area contributed by atoms with Crippen molar-refractivity contribution in [1.82, 2.24) is 14.7 Å². The topological polar surface area (TPSA) is 78.3 Å². The number of carboxylic acid groups (broad SMARTS) is 1. The fourth-order valence-corrected chi connectivity index (χ4v) is 3.96. The van der Waals surface area contributed by atoms with E-state index in [0.717, 1.165) is 0 Å². The summed E-state index contributed by atoms with van der Waals surface area (Å²) in [7, 11) is 1.71. The van der Waals surface area contributed by atoms with Crippen LogP contribution < -0.4 is 34.7 Å². The van der Waals surface area contributed by atoms with Gasteiger partial charge in [0.1, 0.15) is 5.54 Å². The molecular formula is C10H10N3NaO3S. The van der Waals surface area contributed by atoms with Crippen LogP contribution in [-0.4, -0.2) is 37.7 Å². The number of thioether (sulfide) groups is 1. The number of carbonyl (C=O) groups is 2. The van der Waals surface area contributed by atoms with Crippen LogP contribution in [0.3, 0.4) is 0 Å². The van der Waals surface area contributed by atoms with E-state index in [1.165, 1.54) is 27.5 Å². The monoisotopic (exact) mass is 275 g/mol. The molecule has 90 valence electrons. The van der Waals surface area contributed by atoms with Crippen molar-refractivity contribution in [3.05, 3.63) is 18.0 Å². The van der Waals surface area contributed by atoms with Crippen molar-refractivity contribution in [1.29, 1.82) is 0 Å². The van der Waals surface area contributed by atoms with Gasteiger partial charge < -0.3 is 14.8 Å². The third-order valence-electron chi connectivity index (χ3n) is 3.32. The van der Waals surface area contributed by atoms with E-state index in [9.17, 15) is 14.7 Å². The molecule has 2 aliphatic rings. The maximum absolute atomic E-state index is 11.6. The molecule has 2 aliphatic heterocycles. The van der Waals surface area contributed by atoms with Gasteiger partial charge in [0.25, 0.3) is 0 Å². The molecule has 2 saturated heterocycles. The van der Waals surface area contributed by atoms with E-state index < -0.39 is 11.5 Å². The van der Waals surface area contributed by atoms with Crippen molar-refractivity contribution < 1.29 is 44.3 Å². The molecule has 0 N–H and O–H groups in total. The van der Waals surface area contributed by atoms with Crippen molar-refractivity contribution in [2.45, 2.75) is 17.3 Å². The van der Waals surface area contributed by atoms with Crippen LogP contribution in [-0.2, 0) is 22.2 Å². The van der Waals surface area contributed by atoms with Crippen LogP contribution in [0, 0.1) is 0 Å². The number of fused-ring (bicyclic) bond motifs is 1. The average molecular weight is 275 g/mol. The summed E-state index contributed by atoms with van der Waals surface area (Å²) >= 11 is 1.48. The summed E-state index contributed by atoms with van der Waals surface area (Å²) in [6, 6.07) is 0. The number of β-lactam (4-membered cyclic amide) rings is 1. The SMILES string of the molecule is Cn1cc(C2(C(=O)[O-])CS[C@@H]3CC(=O)N32)cn1.[Na+]. The second kappa shape index (κ2) is 4.56. The summed E-state index contributed by atoms with van der Waals surface area (Å²) in [6.07, 6.45) is 3.54. The number of nitrogens with zero attached hydrogens (tertiary/aromatic N) is 3. The molecule has 18 heavy (non-hydrogen) atoms. The Morgan fingerprint density at radius 2 is 2.39 bits per heavy atom. The fourth-order valence-electron chi connectivity index (χ4n) is 2.40. The van der Waals surface area contributed by atoms with Gasteiger partial charge in [-0.3, -0.25) is 9.48 Å². The van der Waals surface area contributed by atoms with E-state index in [1.54, 1.807) is 13.2 Å². The van der Waals surface area contributed by atoms with Crippen LogP contribution in [0.1, 0.15) is 12.0 Å². The average Bonchev–Trinajstić information content (AvgIpc) is 2.79. The second-order valence-corrected chi connectivity index (χ2v) is 5.45. The molecule has 0 saturated carbocycles. The number of aliphatic carboxylic acids is 1. The zero-order valence-electron chi connectivity index (χ0n) is 10.1. The Hall–Kier alpha value is -0.500. The summed E-state index contributed by atoms with van der Waals surface area (Å²) in [5.74, 6) is -1.03. The van der Waals surface area contributed by atoms with Gasteiger partial charge in [0.2, 0.25) is 5.91 Å². The molecule has 0 aliphatic carbocycles. The number of hydrogen-bond donors (Lipinski definition) is 0. The maximum atomic E-state index is 11.6. The van der Waals surface area contributed by atoms with E-state index in [0.29, 0.717) is 17.7 Å². The van der Waals surface area contributed by atoms with E-state index in [-0.39, 0.29) is 40.8 Å². The Bertz CT molecular complexity index is 520. The molecule has 2 fully saturated rings. The molecule has 3 rings (SSSR count). The minimum atomic E-state index is -1.33. The molecule has 1 aromatic rings. The molecule has 8 heteroatoms. The van der Waals surface area contributed by atoms with Crippen LogP contribution in [0.15, 0.2) is 12.4 Å². The number of hydrogen-bond acceptors (Lipinski definition) is 5. The molecule has 1 unspecified atom stereocenters.